The third kappa shape index (κ3) is 3.61. The van der Waals surface area contributed by atoms with Crippen LogP contribution in [0, 0.1) is 0 Å². The van der Waals surface area contributed by atoms with E-state index in [4.69, 9.17) is 9.84 Å². The fourth-order valence-electron chi connectivity index (χ4n) is 2.21. The van der Waals surface area contributed by atoms with Gasteiger partial charge in [0.25, 0.3) is 0 Å². The third-order valence-corrected chi connectivity index (χ3v) is 3.36. The number of rotatable bonds is 3. The molecule has 0 aliphatic carbocycles. The molecule has 2 rings (SSSR count). The summed E-state index contributed by atoms with van der Waals surface area (Å²) in [6, 6.07) is 7.39. The van der Waals surface area contributed by atoms with Crippen molar-refractivity contribution in [3.8, 4) is 5.75 Å². The summed E-state index contributed by atoms with van der Waals surface area (Å²) in [7, 11) is 0. The molecule has 104 valence electrons. The van der Waals surface area contributed by atoms with Crippen LogP contribution in [-0.2, 0) is 0 Å². The number of amides is 1. The standard InChI is InChI=1S/C14H19NO4/c1-10(16)11-3-2-4-13(9-11)19-12-5-7-15(8-6-12)14(17)18/h2-4,9-10,12,16H,5-8H2,1H3,(H,17,18). The zero-order valence-corrected chi connectivity index (χ0v) is 11.0. The van der Waals surface area contributed by atoms with E-state index in [1.54, 1.807) is 6.92 Å². The van der Waals surface area contributed by atoms with Crippen LogP contribution in [0.25, 0.3) is 0 Å². The molecule has 1 aliphatic heterocycles. The lowest BCUT2D eigenvalue weighted by Gasteiger charge is -2.30. The minimum atomic E-state index is -0.866. The molecule has 1 aliphatic rings. The van der Waals surface area contributed by atoms with Gasteiger partial charge in [-0.15, -0.1) is 0 Å². The molecule has 5 heteroatoms. The molecular formula is C14H19NO4. The molecule has 1 amide bonds. The number of piperidine rings is 1. The lowest BCUT2D eigenvalue weighted by molar-refractivity contribution is 0.0892. The molecule has 1 aromatic rings. The highest BCUT2D eigenvalue weighted by molar-refractivity contribution is 5.65. The van der Waals surface area contributed by atoms with Gasteiger partial charge in [0, 0.05) is 25.9 Å². The van der Waals surface area contributed by atoms with E-state index in [0.29, 0.717) is 25.9 Å². The van der Waals surface area contributed by atoms with Crippen molar-refractivity contribution in [2.24, 2.45) is 0 Å². The Kier molecular flexibility index (Phi) is 4.27. The topological polar surface area (TPSA) is 70.0 Å². The van der Waals surface area contributed by atoms with E-state index in [1.807, 2.05) is 24.3 Å². The number of hydrogen-bond acceptors (Lipinski definition) is 3. The predicted octanol–water partition coefficient (Wildman–Crippen LogP) is 2.26. The Balaban J connectivity index is 1.92. The number of likely N-dealkylation sites (tertiary alicyclic amines) is 1. The molecule has 1 aromatic carbocycles. The Morgan fingerprint density at radius 1 is 1.42 bits per heavy atom. The summed E-state index contributed by atoms with van der Waals surface area (Å²) in [5.74, 6) is 0.729. The average molecular weight is 265 g/mol. The summed E-state index contributed by atoms with van der Waals surface area (Å²) in [6.07, 6.45) is 0.0583. The second kappa shape index (κ2) is 5.93. The van der Waals surface area contributed by atoms with Crippen molar-refractivity contribution in [2.45, 2.75) is 32.0 Å². The van der Waals surface area contributed by atoms with E-state index in [1.165, 1.54) is 4.90 Å². The molecule has 1 heterocycles. The largest absolute Gasteiger partial charge is 0.490 e. The summed E-state index contributed by atoms with van der Waals surface area (Å²) >= 11 is 0. The second-order valence-corrected chi connectivity index (χ2v) is 4.84. The van der Waals surface area contributed by atoms with E-state index >= 15 is 0 Å². The van der Waals surface area contributed by atoms with Gasteiger partial charge in [0.05, 0.1) is 6.10 Å². The number of aliphatic hydroxyl groups is 1. The van der Waals surface area contributed by atoms with Crippen LogP contribution in [0.2, 0.25) is 0 Å². The molecule has 19 heavy (non-hydrogen) atoms. The summed E-state index contributed by atoms with van der Waals surface area (Å²) < 4.78 is 5.84. The summed E-state index contributed by atoms with van der Waals surface area (Å²) in [6.45, 7) is 2.73. The molecule has 0 aromatic heterocycles. The lowest BCUT2D eigenvalue weighted by atomic mass is 10.1. The zero-order valence-electron chi connectivity index (χ0n) is 11.0. The van der Waals surface area contributed by atoms with Crippen molar-refractivity contribution in [1.29, 1.82) is 0 Å². The Labute approximate surface area is 112 Å². The molecule has 5 nitrogen and oxygen atoms in total. The molecule has 1 saturated heterocycles. The first-order valence-corrected chi connectivity index (χ1v) is 6.49. The van der Waals surface area contributed by atoms with E-state index in [9.17, 15) is 9.90 Å². The van der Waals surface area contributed by atoms with Gasteiger partial charge in [-0.25, -0.2) is 4.79 Å². The van der Waals surface area contributed by atoms with Crippen molar-refractivity contribution >= 4 is 6.09 Å². The Morgan fingerprint density at radius 2 is 2.11 bits per heavy atom. The molecule has 0 saturated carbocycles. The first kappa shape index (κ1) is 13.7. The van der Waals surface area contributed by atoms with Gasteiger partial charge in [-0.2, -0.15) is 0 Å². The van der Waals surface area contributed by atoms with E-state index in [2.05, 4.69) is 0 Å². The molecule has 0 bridgehead atoms. The third-order valence-electron chi connectivity index (χ3n) is 3.36. The highest BCUT2D eigenvalue weighted by Gasteiger charge is 2.23. The normalized spacial score (nSPS) is 18.1. The SMILES string of the molecule is CC(O)c1cccc(OC2CCN(C(=O)O)CC2)c1. The van der Waals surface area contributed by atoms with Gasteiger partial charge in [0.2, 0.25) is 0 Å². The maximum Gasteiger partial charge on any atom is 0.407 e. The number of aliphatic hydroxyl groups excluding tert-OH is 1. The van der Waals surface area contributed by atoms with E-state index in [-0.39, 0.29) is 6.10 Å². The van der Waals surface area contributed by atoms with Crippen LogP contribution in [0.4, 0.5) is 4.79 Å². The first-order chi connectivity index (χ1) is 9.06. The van der Waals surface area contributed by atoms with E-state index in [0.717, 1.165) is 11.3 Å². The van der Waals surface area contributed by atoms with Gasteiger partial charge in [-0.1, -0.05) is 12.1 Å². The maximum atomic E-state index is 10.8. The Hall–Kier alpha value is -1.75. The van der Waals surface area contributed by atoms with Crippen LogP contribution in [0.1, 0.15) is 31.4 Å². The van der Waals surface area contributed by atoms with Crippen LogP contribution in [0.15, 0.2) is 24.3 Å². The minimum Gasteiger partial charge on any atom is -0.490 e. The first-order valence-electron chi connectivity index (χ1n) is 6.49. The number of carbonyl (C=O) groups is 1. The van der Waals surface area contributed by atoms with Gasteiger partial charge < -0.3 is 19.8 Å². The van der Waals surface area contributed by atoms with Crippen LogP contribution >= 0.6 is 0 Å². The smallest absolute Gasteiger partial charge is 0.407 e. The molecule has 1 atom stereocenters. The van der Waals surface area contributed by atoms with Crippen molar-refractivity contribution in [3.05, 3.63) is 29.8 Å². The van der Waals surface area contributed by atoms with Crippen molar-refractivity contribution < 1.29 is 19.7 Å². The lowest BCUT2D eigenvalue weighted by Crippen LogP contribution is -2.41. The monoisotopic (exact) mass is 265 g/mol. The molecular weight excluding hydrogens is 246 g/mol. The van der Waals surface area contributed by atoms with Gasteiger partial charge in [-0.05, 0) is 24.6 Å². The van der Waals surface area contributed by atoms with Crippen molar-refractivity contribution in [1.82, 2.24) is 4.90 Å². The molecule has 1 fully saturated rings. The number of hydrogen-bond donors (Lipinski definition) is 2. The highest BCUT2D eigenvalue weighted by atomic mass is 16.5. The van der Waals surface area contributed by atoms with Gasteiger partial charge in [0.15, 0.2) is 0 Å². The fourth-order valence-corrected chi connectivity index (χ4v) is 2.21. The predicted molar refractivity (Wildman–Crippen MR) is 70.3 cm³/mol. The summed E-state index contributed by atoms with van der Waals surface area (Å²) in [5, 5.41) is 18.4. The van der Waals surface area contributed by atoms with Gasteiger partial charge in [-0.3, -0.25) is 0 Å². The number of nitrogens with zero attached hydrogens (tertiary/aromatic N) is 1. The number of carboxylic acid groups (broad SMARTS) is 1. The fraction of sp³-hybridized carbons (Fsp3) is 0.500. The van der Waals surface area contributed by atoms with Crippen LogP contribution in [0.5, 0.6) is 5.75 Å². The highest BCUT2D eigenvalue weighted by Crippen LogP contribution is 2.22. The summed E-state index contributed by atoms with van der Waals surface area (Å²) in [4.78, 5) is 12.2. The molecule has 1 unspecified atom stereocenters. The number of benzene rings is 1. The Bertz CT molecular complexity index is 439. The Morgan fingerprint density at radius 3 is 2.68 bits per heavy atom. The van der Waals surface area contributed by atoms with Crippen LogP contribution in [0.3, 0.4) is 0 Å². The molecule has 0 radical (unpaired) electrons. The van der Waals surface area contributed by atoms with E-state index < -0.39 is 12.2 Å². The zero-order chi connectivity index (χ0) is 13.8. The second-order valence-electron chi connectivity index (χ2n) is 4.84. The van der Waals surface area contributed by atoms with Crippen LogP contribution in [-0.4, -0.2) is 40.4 Å². The molecule has 0 spiro atoms. The average Bonchev–Trinajstić information content (AvgIpc) is 2.39. The van der Waals surface area contributed by atoms with Gasteiger partial charge >= 0.3 is 6.09 Å². The maximum absolute atomic E-state index is 10.8. The molecule has 2 N–H and O–H groups in total. The number of ether oxygens (including phenoxy) is 1. The van der Waals surface area contributed by atoms with Gasteiger partial charge in [0.1, 0.15) is 11.9 Å². The minimum absolute atomic E-state index is 0.0415. The summed E-state index contributed by atoms with van der Waals surface area (Å²) in [5.41, 5.74) is 0.820. The van der Waals surface area contributed by atoms with Crippen LogP contribution < -0.4 is 4.74 Å². The van der Waals surface area contributed by atoms with Crippen molar-refractivity contribution in [3.63, 3.8) is 0 Å². The quantitative estimate of drug-likeness (QED) is 0.879. The van der Waals surface area contributed by atoms with Crippen molar-refractivity contribution in [2.75, 3.05) is 13.1 Å².